The number of amides is 3. The summed E-state index contributed by atoms with van der Waals surface area (Å²) in [6.07, 6.45) is -4.68. The molecule has 0 aliphatic carbocycles. The Labute approximate surface area is 246 Å². The molecule has 3 rings (SSSR count). The number of likely N-dealkylation sites (N-methyl/N-ethyl adjacent to an activating group) is 1. The van der Waals surface area contributed by atoms with Crippen molar-refractivity contribution in [2.75, 3.05) is 33.2 Å². The summed E-state index contributed by atoms with van der Waals surface area (Å²) in [5.74, 6) is -1.38. The zero-order valence-electron chi connectivity index (χ0n) is 23.0. The number of rotatable bonds is 11. The van der Waals surface area contributed by atoms with Gasteiger partial charge in [-0.2, -0.15) is 13.2 Å². The van der Waals surface area contributed by atoms with Crippen molar-refractivity contribution < 1.29 is 49.5 Å². The molecule has 1 saturated heterocycles. The van der Waals surface area contributed by atoms with Crippen molar-refractivity contribution in [1.82, 2.24) is 19.8 Å². The molecule has 43 heavy (non-hydrogen) atoms. The number of aliphatic carboxylic acids is 1. The van der Waals surface area contributed by atoms with Crippen LogP contribution in [0.25, 0.3) is 0 Å². The molecule has 1 heterocycles. The Morgan fingerprint density at radius 2 is 1.60 bits per heavy atom. The van der Waals surface area contributed by atoms with E-state index in [-0.39, 0.29) is 36.2 Å². The third-order valence-electron chi connectivity index (χ3n) is 6.73. The average molecular weight is 649 g/mol. The van der Waals surface area contributed by atoms with Gasteiger partial charge in [-0.3, -0.25) is 9.59 Å². The van der Waals surface area contributed by atoms with Crippen molar-refractivity contribution in [3.63, 3.8) is 0 Å². The summed E-state index contributed by atoms with van der Waals surface area (Å²) in [5.41, 5.74) is -1.55. The maximum atomic E-state index is 13.7. The molecule has 1 aliphatic heterocycles. The minimum Gasteiger partial charge on any atom is -0.481 e. The molecule has 1 fully saturated rings. The first-order chi connectivity index (χ1) is 20.0. The molecule has 1 aliphatic rings. The number of alkyl halides is 3. The van der Waals surface area contributed by atoms with Gasteiger partial charge in [0, 0.05) is 45.7 Å². The molecule has 0 bridgehead atoms. The number of hydrogen-bond donors (Lipinski definition) is 3. The number of sulfone groups is 1. The second kappa shape index (κ2) is 13.7. The zero-order valence-corrected chi connectivity index (χ0v) is 24.6. The molecule has 0 radical (unpaired) electrons. The Bertz CT molecular complexity index is 1540. The summed E-state index contributed by atoms with van der Waals surface area (Å²) in [6.45, 7) is -0.0856. The lowest BCUT2D eigenvalue weighted by atomic mass is 10.0. The highest BCUT2D eigenvalue weighted by atomic mass is 32.2. The third kappa shape index (κ3) is 8.90. The molecule has 0 unspecified atom stereocenters. The van der Waals surface area contributed by atoms with Crippen LogP contribution in [0.2, 0.25) is 0 Å². The maximum Gasteiger partial charge on any atom is 0.417 e. The van der Waals surface area contributed by atoms with Gasteiger partial charge in [0.15, 0.2) is 0 Å². The highest BCUT2D eigenvalue weighted by Gasteiger charge is 2.38. The first kappa shape index (κ1) is 33.8. The van der Waals surface area contributed by atoms with Gasteiger partial charge in [0.25, 0.3) is 0 Å². The fourth-order valence-corrected chi connectivity index (χ4v) is 6.97. The molecular weight excluding hydrogens is 617 g/mol. The largest absolute Gasteiger partial charge is 0.481 e. The van der Waals surface area contributed by atoms with Gasteiger partial charge < -0.3 is 20.2 Å². The summed E-state index contributed by atoms with van der Waals surface area (Å²) in [6, 6.07) is 7.49. The summed E-state index contributed by atoms with van der Waals surface area (Å²) < 4.78 is 94.9. The molecule has 2 aromatic rings. The van der Waals surface area contributed by atoms with Crippen LogP contribution < -0.4 is 10.0 Å². The van der Waals surface area contributed by atoms with Gasteiger partial charge in [-0.1, -0.05) is 18.2 Å². The lowest BCUT2D eigenvalue weighted by molar-refractivity contribution is -0.141. The molecule has 0 spiro atoms. The monoisotopic (exact) mass is 648 g/mol. The smallest absolute Gasteiger partial charge is 0.417 e. The van der Waals surface area contributed by atoms with Crippen LogP contribution in [0, 0.1) is 0 Å². The van der Waals surface area contributed by atoms with E-state index in [1.807, 2.05) is 4.72 Å². The van der Waals surface area contributed by atoms with E-state index in [0.29, 0.717) is 44.1 Å². The number of likely N-dealkylation sites (tertiary alicyclic amines) is 1. The average Bonchev–Trinajstić information content (AvgIpc) is 2.95. The second-order valence-corrected chi connectivity index (χ2v) is 13.5. The van der Waals surface area contributed by atoms with Crippen molar-refractivity contribution >= 4 is 37.8 Å². The molecule has 12 nitrogen and oxygen atoms in total. The maximum absolute atomic E-state index is 13.7. The van der Waals surface area contributed by atoms with Gasteiger partial charge in [-0.15, -0.1) is 0 Å². The number of carboxylic acids is 1. The van der Waals surface area contributed by atoms with Crippen LogP contribution >= 0.6 is 0 Å². The first-order valence-electron chi connectivity index (χ1n) is 13.0. The third-order valence-corrected chi connectivity index (χ3v) is 9.99. The van der Waals surface area contributed by atoms with E-state index < -0.39 is 59.9 Å². The number of nitrogens with zero attached hydrogens (tertiary/aromatic N) is 2. The van der Waals surface area contributed by atoms with E-state index in [4.69, 9.17) is 5.11 Å². The van der Waals surface area contributed by atoms with Crippen LogP contribution in [0.3, 0.4) is 0 Å². The number of carbonyl (C=O) groups is 3. The lowest BCUT2D eigenvalue weighted by Crippen LogP contribution is -2.50. The van der Waals surface area contributed by atoms with E-state index in [0.717, 1.165) is 4.90 Å². The standard InChI is InChI=1S/C26H31F3N4O8S2/c1-32(25(37)31-18-11-14-33(15-12-18)23(34)9-10-24(35)36)16-13-30-43(40,41)22-17-20(7-8-21(22)26(27,28)29)42(38,39)19-5-3-2-4-6-19/h2-8,17-18,30H,9-16H2,1H3,(H,31,37)(H,35,36). The number of benzene rings is 2. The Morgan fingerprint density at radius 3 is 2.19 bits per heavy atom. The molecule has 0 atom stereocenters. The zero-order chi connectivity index (χ0) is 32.0. The Morgan fingerprint density at radius 1 is 0.977 bits per heavy atom. The van der Waals surface area contributed by atoms with Crippen molar-refractivity contribution in [2.24, 2.45) is 0 Å². The molecule has 0 aromatic heterocycles. The quantitative estimate of drug-likeness (QED) is 0.333. The SMILES string of the molecule is CN(CCNS(=O)(=O)c1cc(S(=O)(=O)c2ccccc2)ccc1C(F)(F)F)C(=O)NC1CCN(C(=O)CCC(=O)O)CC1. The van der Waals surface area contributed by atoms with E-state index in [9.17, 15) is 44.4 Å². The minimum atomic E-state index is -5.10. The fourth-order valence-electron chi connectivity index (χ4n) is 4.32. The van der Waals surface area contributed by atoms with Gasteiger partial charge in [-0.05, 0) is 43.2 Å². The summed E-state index contributed by atoms with van der Waals surface area (Å²) in [5, 5.41) is 11.5. The molecular formula is C26H31F3N4O8S2. The second-order valence-electron chi connectivity index (χ2n) is 9.79. The molecule has 0 saturated carbocycles. The van der Waals surface area contributed by atoms with Gasteiger partial charge in [0.05, 0.1) is 26.7 Å². The topological polar surface area (TPSA) is 170 Å². The predicted octanol–water partition coefficient (Wildman–Crippen LogP) is 2.31. The Balaban J connectivity index is 1.62. The van der Waals surface area contributed by atoms with Gasteiger partial charge in [-0.25, -0.2) is 26.4 Å². The van der Waals surface area contributed by atoms with Crippen LogP contribution in [0.15, 0.2) is 63.2 Å². The fraction of sp³-hybridized carbons (Fsp3) is 0.423. The number of carbonyl (C=O) groups excluding carboxylic acids is 2. The normalized spacial score (nSPS) is 14.7. The van der Waals surface area contributed by atoms with Gasteiger partial charge in [0.2, 0.25) is 25.8 Å². The number of piperidine rings is 1. The molecule has 3 amide bonds. The number of sulfonamides is 1. The number of carboxylic acid groups (broad SMARTS) is 1. The van der Waals surface area contributed by atoms with Crippen molar-refractivity contribution in [1.29, 1.82) is 0 Å². The first-order valence-corrected chi connectivity index (χ1v) is 16.0. The number of halogens is 3. The van der Waals surface area contributed by atoms with Crippen LogP contribution in [0.5, 0.6) is 0 Å². The minimum absolute atomic E-state index is 0.122. The Hall–Kier alpha value is -3.70. The van der Waals surface area contributed by atoms with E-state index in [1.54, 1.807) is 6.07 Å². The van der Waals surface area contributed by atoms with Crippen LogP contribution in [0.1, 0.15) is 31.2 Å². The molecule has 2 aromatic carbocycles. The predicted molar refractivity (Wildman–Crippen MR) is 146 cm³/mol. The van der Waals surface area contributed by atoms with E-state index in [2.05, 4.69) is 5.32 Å². The summed E-state index contributed by atoms with van der Waals surface area (Å²) in [4.78, 5) is 35.8. The molecule has 3 N–H and O–H groups in total. The number of urea groups is 1. The van der Waals surface area contributed by atoms with Crippen molar-refractivity contribution in [3.8, 4) is 0 Å². The summed E-state index contributed by atoms with van der Waals surface area (Å²) in [7, 11) is -7.85. The summed E-state index contributed by atoms with van der Waals surface area (Å²) >= 11 is 0. The van der Waals surface area contributed by atoms with Crippen molar-refractivity contribution in [2.45, 2.75) is 52.6 Å². The molecule has 17 heteroatoms. The van der Waals surface area contributed by atoms with Gasteiger partial charge in [0.1, 0.15) is 0 Å². The lowest BCUT2D eigenvalue weighted by Gasteiger charge is -2.33. The highest BCUT2D eigenvalue weighted by Crippen LogP contribution is 2.36. The van der Waals surface area contributed by atoms with Crippen molar-refractivity contribution in [3.05, 3.63) is 54.1 Å². The molecule has 236 valence electrons. The Kier molecular flexibility index (Phi) is 10.8. The van der Waals surface area contributed by atoms with E-state index in [1.165, 1.54) is 36.2 Å². The van der Waals surface area contributed by atoms with Gasteiger partial charge >= 0.3 is 18.2 Å². The number of nitrogens with one attached hydrogen (secondary N) is 2. The van der Waals surface area contributed by atoms with Crippen LogP contribution in [-0.4, -0.2) is 88.9 Å². The van der Waals surface area contributed by atoms with Crippen LogP contribution in [0.4, 0.5) is 18.0 Å². The highest BCUT2D eigenvalue weighted by molar-refractivity contribution is 7.91. The number of hydrogen-bond acceptors (Lipinski definition) is 7. The van der Waals surface area contributed by atoms with Crippen LogP contribution in [-0.2, 0) is 35.6 Å². The van der Waals surface area contributed by atoms with E-state index >= 15 is 0 Å².